The Hall–Kier alpha value is -1.13. The first-order chi connectivity index (χ1) is 8.08. The van der Waals surface area contributed by atoms with E-state index < -0.39 is 6.10 Å². The topological polar surface area (TPSA) is 45.6 Å². The van der Waals surface area contributed by atoms with Crippen LogP contribution in [0.4, 0.5) is 5.82 Å². The first-order valence-electron chi connectivity index (χ1n) is 6.11. The van der Waals surface area contributed by atoms with Crippen LogP contribution in [0.3, 0.4) is 0 Å². The summed E-state index contributed by atoms with van der Waals surface area (Å²) < 4.78 is 5.71. The monoisotopic (exact) mass is 236 g/mol. The molecule has 0 saturated carbocycles. The lowest BCUT2D eigenvalue weighted by atomic mass is 10.1. The molecule has 94 valence electrons. The molecule has 0 radical (unpaired) electrons. The third-order valence-corrected chi connectivity index (χ3v) is 2.99. The summed E-state index contributed by atoms with van der Waals surface area (Å²) in [7, 11) is 0. The number of aliphatic hydroxyl groups is 1. The highest BCUT2D eigenvalue weighted by Gasteiger charge is 2.25. The van der Waals surface area contributed by atoms with Gasteiger partial charge < -0.3 is 14.7 Å². The molecule has 1 aromatic heterocycles. The number of ether oxygens (including phenoxy) is 1. The molecule has 1 aromatic rings. The number of aliphatic hydroxyl groups excluding tert-OH is 1. The number of nitrogens with zero attached hydrogens (tertiary/aromatic N) is 2. The predicted molar refractivity (Wildman–Crippen MR) is 67.1 cm³/mol. The van der Waals surface area contributed by atoms with Crippen LogP contribution in [0.15, 0.2) is 18.3 Å². The summed E-state index contributed by atoms with van der Waals surface area (Å²) in [5.74, 6) is 0.879. The van der Waals surface area contributed by atoms with Gasteiger partial charge in [0.2, 0.25) is 0 Å². The number of anilines is 1. The zero-order chi connectivity index (χ0) is 12.4. The fourth-order valence-corrected chi connectivity index (χ4v) is 2.35. The first-order valence-corrected chi connectivity index (χ1v) is 6.11. The minimum absolute atomic E-state index is 0.197. The van der Waals surface area contributed by atoms with Crippen molar-refractivity contribution in [3.8, 4) is 0 Å². The fourth-order valence-electron chi connectivity index (χ4n) is 2.35. The SMILES string of the molecule is CC(O)c1cccnc1N1C[C@@H](C)O[C@@H](C)C1. The molecule has 1 saturated heterocycles. The van der Waals surface area contributed by atoms with Crippen molar-refractivity contribution < 1.29 is 9.84 Å². The molecule has 2 rings (SSSR count). The molecule has 4 heteroatoms. The fraction of sp³-hybridized carbons (Fsp3) is 0.615. The van der Waals surface area contributed by atoms with Crippen molar-refractivity contribution in [2.45, 2.75) is 39.1 Å². The second-order valence-corrected chi connectivity index (χ2v) is 4.75. The van der Waals surface area contributed by atoms with E-state index in [0.29, 0.717) is 0 Å². The normalized spacial score (nSPS) is 26.9. The molecule has 0 aromatic carbocycles. The zero-order valence-corrected chi connectivity index (χ0v) is 10.6. The van der Waals surface area contributed by atoms with Gasteiger partial charge in [-0.3, -0.25) is 0 Å². The summed E-state index contributed by atoms with van der Waals surface area (Å²) in [6.07, 6.45) is 1.67. The molecular formula is C13H20N2O2. The second-order valence-electron chi connectivity index (χ2n) is 4.75. The van der Waals surface area contributed by atoms with E-state index in [2.05, 4.69) is 23.7 Å². The molecule has 4 nitrogen and oxygen atoms in total. The third kappa shape index (κ3) is 2.76. The number of rotatable bonds is 2. The van der Waals surface area contributed by atoms with E-state index in [4.69, 9.17) is 4.74 Å². The Morgan fingerprint density at radius 1 is 1.41 bits per heavy atom. The van der Waals surface area contributed by atoms with Crippen molar-refractivity contribution in [1.29, 1.82) is 0 Å². The van der Waals surface area contributed by atoms with Crippen molar-refractivity contribution in [1.82, 2.24) is 4.98 Å². The Balaban J connectivity index is 2.27. The molecule has 0 amide bonds. The van der Waals surface area contributed by atoms with Gasteiger partial charge in [-0.05, 0) is 26.8 Å². The van der Waals surface area contributed by atoms with Gasteiger partial charge in [0.15, 0.2) is 0 Å². The van der Waals surface area contributed by atoms with Crippen LogP contribution in [0.25, 0.3) is 0 Å². The molecule has 17 heavy (non-hydrogen) atoms. The van der Waals surface area contributed by atoms with Gasteiger partial charge in [-0.1, -0.05) is 6.07 Å². The first kappa shape index (κ1) is 12.3. The number of morpholine rings is 1. The van der Waals surface area contributed by atoms with Gasteiger partial charge in [-0.2, -0.15) is 0 Å². The number of pyridine rings is 1. The van der Waals surface area contributed by atoms with E-state index in [9.17, 15) is 5.11 Å². The van der Waals surface area contributed by atoms with Gasteiger partial charge in [-0.25, -0.2) is 4.98 Å². The molecule has 3 atom stereocenters. The summed E-state index contributed by atoms with van der Waals surface area (Å²) in [5, 5.41) is 9.77. The second kappa shape index (κ2) is 5.02. The smallest absolute Gasteiger partial charge is 0.134 e. The van der Waals surface area contributed by atoms with E-state index in [-0.39, 0.29) is 12.2 Å². The summed E-state index contributed by atoms with van der Waals surface area (Å²) in [6.45, 7) is 7.54. The van der Waals surface area contributed by atoms with Gasteiger partial charge in [0.05, 0.1) is 18.3 Å². The van der Waals surface area contributed by atoms with Crippen LogP contribution in [0, 0.1) is 0 Å². The van der Waals surface area contributed by atoms with Crippen LogP contribution in [-0.4, -0.2) is 35.4 Å². The lowest BCUT2D eigenvalue weighted by molar-refractivity contribution is -0.00563. The predicted octanol–water partition coefficient (Wildman–Crippen LogP) is 1.75. The van der Waals surface area contributed by atoms with Crippen LogP contribution < -0.4 is 4.90 Å². The summed E-state index contributed by atoms with van der Waals surface area (Å²) in [5.41, 5.74) is 0.883. The molecule has 0 spiro atoms. The van der Waals surface area contributed by atoms with E-state index >= 15 is 0 Å². The molecule has 0 bridgehead atoms. The summed E-state index contributed by atoms with van der Waals surface area (Å²) in [6, 6.07) is 3.79. The van der Waals surface area contributed by atoms with Gasteiger partial charge in [-0.15, -0.1) is 0 Å². The number of aromatic nitrogens is 1. The van der Waals surface area contributed by atoms with Crippen LogP contribution in [0.1, 0.15) is 32.4 Å². The molecule has 0 aliphatic carbocycles. The van der Waals surface area contributed by atoms with Crippen molar-refractivity contribution in [3.05, 3.63) is 23.9 Å². The number of hydrogen-bond acceptors (Lipinski definition) is 4. The minimum atomic E-state index is -0.493. The maximum atomic E-state index is 9.77. The highest BCUT2D eigenvalue weighted by atomic mass is 16.5. The van der Waals surface area contributed by atoms with E-state index in [1.807, 2.05) is 12.1 Å². The maximum absolute atomic E-state index is 9.77. The van der Waals surface area contributed by atoms with Crippen molar-refractivity contribution >= 4 is 5.82 Å². The number of hydrogen-bond donors (Lipinski definition) is 1. The van der Waals surface area contributed by atoms with Crippen LogP contribution in [0.2, 0.25) is 0 Å². The maximum Gasteiger partial charge on any atom is 0.134 e. The Morgan fingerprint density at radius 2 is 2.06 bits per heavy atom. The molecule has 1 N–H and O–H groups in total. The quantitative estimate of drug-likeness (QED) is 0.849. The molecule has 1 aliphatic rings. The Morgan fingerprint density at radius 3 is 2.65 bits per heavy atom. The largest absolute Gasteiger partial charge is 0.389 e. The van der Waals surface area contributed by atoms with Crippen LogP contribution in [-0.2, 0) is 4.74 Å². The third-order valence-electron chi connectivity index (χ3n) is 2.99. The van der Waals surface area contributed by atoms with Gasteiger partial charge in [0.25, 0.3) is 0 Å². The Labute approximate surface area is 102 Å². The lowest BCUT2D eigenvalue weighted by Gasteiger charge is -2.37. The minimum Gasteiger partial charge on any atom is -0.389 e. The Bertz CT molecular complexity index is 371. The van der Waals surface area contributed by atoms with Gasteiger partial charge in [0, 0.05) is 24.8 Å². The van der Waals surface area contributed by atoms with Gasteiger partial charge in [0.1, 0.15) is 5.82 Å². The zero-order valence-electron chi connectivity index (χ0n) is 10.6. The van der Waals surface area contributed by atoms with Crippen molar-refractivity contribution in [2.75, 3.05) is 18.0 Å². The average molecular weight is 236 g/mol. The average Bonchev–Trinajstić information content (AvgIpc) is 2.27. The molecule has 2 heterocycles. The highest BCUT2D eigenvalue weighted by Crippen LogP contribution is 2.26. The van der Waals surface area contributed by atoms with Gasteiger partial charge >= 0.3 is 0 Å². The molecular weight excluding hydrogens is 216 g/mol. The summed E-state index contributed by atoms with van der Waals surface area (Å²) in [4.78, 5) is 6.60. The van der Waals surface area contributed by atoms with Crippen LogP contribution in [0.5, 0.6) is 0 Å². The lowest BCUT2D eigenvalue weighted by Crippen LogP contribution is -2.46. The van der Waals surface area contributed by atoms with Crippen molar-refractivity contribution in [3.63, 3.8) is 0 Å². The molecule has 1 fully saturated rings. The summed E-state index contributed by atoms with van der Waals surface area (Å²) >= 11 is 0. The standard InChI is InChI=1S/C13H20N2O2/c1-9-7-15(8-10(2)17-9)13-12(11(3)16)5-4-6-14-13/h4-6,9-11,16H,7-8H2,1-3H3/t9-,10+,11?. The highest BCUT2D eigenvalue weighted by molar-refractivity contribution is 5.48. The van der Waals surface area contributed by atoms with E-state index in [1.54, 1.807) is 13.1 Å². The Kier molecular flexibility index (Phi) is 3.64. The van der Waals surface area contributed by atoms with E-state index in [0.717, 1.165) is 24.5 Å². The van der Waals surface area contributed by atoms with Crippen LogP contribution >= 0.6 is 0 Å². The molecule has 1 aliphatic heterocycles. The molecule has 1 unspecified atom stereocenters. The van der Waals surface area contributed by atoms with Crippen molar-refractivity contribution in [2.24, 2.45) is 0 Å². The van der Waals surface area contributed by atoms with E-state index in [1.165, 1.54) is 0 Å².